The number of ether oxygens (including phenoxy) is 2. The van der Waals surface area contributed by atoms with Crippen molar-refractivity contribution in [2.24, 2.45) is 4.99 Å². The molecule has 0 atom stereocenters. The number of piperazine rings is 1. The van der Waals surface area contributed by atoms with Gasteiger partial charge in [-0.3, -0.25) is 4.79 Å². The van der Waals surface area contributed by atoms with Gasteiger partial charge in [-0.2, -0.15) is 31.3 Å². The smallest absolute Gasteiger partial charge is 0.416 e. The predicted molar refractivity (Wildman–Crippen MR) is 150 cm³/mol. The molecule has 5 rings (SSSR count). The molecule has 7 nitrogen and oxygen atoms in total. The van der Waals surface area contributed by atoms with Crippen molar-refractivity contribution in [3.05, 3.63) is 88.0 Å². The summed E-state index contributed by atoms with van der Waals surface area (Å²) >= 11 is 1.24. The number of halogens is 6. The minimum atomic E-state index is -5.01. The van der Waals surface area contributed by atoms with E-state index in [1.54, 1.807) is 18.3 Å². The van der Waals surface area contributed by atoms with E-state index >= 15 is 0 Å². The maximum absolute atomic E-state index is 13.5. The van der Waals surface area contributed by atoms with Crippen LogP contribution in [0.2, 0.25) is 0 Å². The maximum atomic E-state index is 13.5. The van der Waals surface area contributed by atoms with E-state index in [-0.39, 0.29) is 17.6 Å². The highest BCUT2D eigenvalue weighted by Gasteiger charge is 2.38. The monoisotopic (exact) mass is 622 g/mol. The number of carbonyl (C=O) groups is 1. The van der Waals surface area contributed by atoms with Crippen molar-refractivity contribution in [2.45, 2.75) is 19.0 Å². The molecular formula is C29H24F6N4O3S. The Morgan fingerprint density at radius 2 is 1.65 bits per heavy atom. The fraction of sp³-hybridized carbons (Fsp3) is 0.276. The molecule has 0 bridgehead atoms. The number of amidine groups is 1. The van der Waals surface area contributed by atoms with Crippen LogP contribution in [0.3, 0.4) is 0 Å². The van der Waals surface area contributed by atoms with Crippen LogP contribution in [0.4, 0.5) is 32.2 Å². The Morgan fingerprint density at radius 3 is 2.30 bits per heavy atom. The summed E-state index contributed by atoms with van der Waals surface area (Å²) < 4.78 is 90.3. The van der Waals surface area contributed by atoms with E-state index in [2.05, 4.69) is 14.9 Å². The molecule has 1 amide bonds. The van der Waals surface area contributed by atoms with Gasteiger partial charge in [0.05, 0.1) is 23.1 Å². The molecule has 0 unspecified atom stereocenters. The average Bonchev–Trinajstić information content (AvgIpc) is 3.35. The Kier molecular flexibility index (Phi) is 8.58. The zero-order valence-electron chi connectivity index (χ0n) is 22.6. The van der Waals surface area contributed by atoms with Gasteiger partial charge in [-0.15, -0.1) is 0 Å². The molecule has 0 N–H and O–H groups in total. The number of methoxy groups -OCH3 is 1. The lowest BCUT2D eigenvalue weighted by atomic mass is 10.0. The number of alkyl halides is 6. The topological polar surface area (TPSA) is 67.3 Å². The number of amides is 1. The summed E-state index contributed by atoms with van der Waals surface area (Å²) in [6.07, 6.45) is -6.57. The number of aliphatic imine (C=N–C) groups is 1. The molecule has 0 spiro atoms. The summed E-state index contributed by atoms with van der Waals surface area (Å²) in [6.45, 7) is 2.12. The number of carbonyl (C=O) groups excluding carboxylic acids is 1. The number of thioether (sulfide) groups is 1. The lowest BCUT2D eigenvalue weighted by Gasteiger charge is -2.35. The summed E-state index contributed by atoms with van der Waals surface area (Å²) in [5, 5.41) is 0.598. The number of hydrogen-bond acceptors (Lipinski definition) is 7. The molecule has 0 saturated carbocycles. The van der Waals surface area contributed by atoms with Gasteiger partial charge in [-0.1, -0.05) is 18.2 Å². The van der Waals surface area contributed by atoms with E-state index in [1.165, 1.54) is 31.0 Å². The van der Waals surface area contributed by atoms with Crippen LogP contribution in [-0.2, 0) is 23.8 Å². The summed E-state index contributed by atoms with van der Waals surface area (Å²) in [6, 6.07) is 11.7. The minimum absolute atomic E-state index is 0.0677. The molecule has 3 aromatic rings. The van der Waals surface area contributed by atoms with Gasteiger partial charge in [-0.05, 0) is 59.8 Å². The third-order valence-electron chi connectivity index (χ3n) is 6.74. The molecule has 2 aliphatic rings. The van der Waals surface area contributed by atoms with E-state index in [0.29, 0.717) is 34.8 Å². The van der Waals surface area contributed by atoms with Crippen molar-refractivity contribution >= 4 is 34.7 Å². The number of hydrogen-bond donors (Lipinski definition) is 0. The fourth-order valence-electron chi connectivity index (χ4n) is 4.54. The van der Waals surface area contributed by atoms with Crippen LogP contribution >= 0.6 is 11.8 Å². The first-order valence-electron chi connectivity index (χ1n) is 12.9. The van der Waals surface area contributed by atoms with E-state index in [1.807, 2.05) is 23.1 Å². The molecule has 2 aromatic carbocycles. The Balaban J connectivity index is 1.25. The lowest BCUT2D eigenvalue weighted by molar-refractivity contribution is -0.143. The standard InChI is InChI=1S/C29H24F6N4O3S/c1-41-23-14-18(5-8-22(23)42-17-19-6-7-20(28(30,31)32)16-21(19)29(33,34)35)15-24-26(40)37-27(43-24)39-12-10-38(11-13-39)25-4-2-3-9-36-25/h2-9,14-16H,10-13,17H2,1H3/b24-15+. The highest BCUT2D eigenvalue weighted by atomic mass is 32.2. The van der Waals surface area contributed by atoms with Gasteiger partial charge in [0.1, 0.15) is 12.4 Å². The number of rotatable bonds is 6. The van der Waals surface area contributed by atoms with E-state index < -0.39 is 41.6 Å². The largest absolute Gasteiger partial charge is 0.493 e. The highest BCUT2D eigenvalue weighted by molar-refractivity contribution is 8.18. The zero-order valence-corrected chi connectivity index (χ0v) is 23.4. The molecule has 2 aliphatic heterocycles. The second kappa shape index (κ2) is 12.2. The molecule has 1 saturated heterocycles. The van der Waals surface area contributed by atoms with Gasteiger partial charge in [-0.25, -0.2) is 4.98 Å². The predicted octanol–water partition coefficient (Wildman–Crippen LogP) is 6.50. The highest BCUT2D eigenvalue weighted by Crippen LogP contribution is 2.39. The molecule has 0 aliphatic carbocycles. The molecule has 43 heavy (non-hydrogen) atoms. The molecular weight excluding hydrogens is 598 g/mol. The van der Waals surface area contributed by atoms with Crippen molar-refractivity contribution in [1.29, 1.82) is 0 Å². The van der Waals surface area contributed by atoms with E-state index in [9.17, 15) is 31.1 Å². The van der Waals surface area contributed by atoms with Crippen LogP contribution in [0.15, 0.2) is 70.7 Å². The van der Waals surface area contributed by atoms with Gasteiger partial charge in [0.15, 0.2) is 16.7 Å². The van der Waals surface area contributed by atoms with E-state index in [4.69, 9.17) is 9.47 Å². The quantitative estimate of drug-likeness (QED) is 0.230. The third kappa shape index (κ3) is 7.07. The Bertz CT molecular complexity index is 1550. The second-order valence-electron chi connectivity index (χ2n) is 9.54. The maximum Gasteiger partial charge on any atom is 0.416 e. The van der Waals surface area contributed by atoms with Crippen LogP contribution in [0.25, 0.3) is 6.08 Å². The molecule has 226 valence electrons. The number of benzene rings is 2. The summed E-state index contributed by atoms with van der Waals surface area (Å²) in [5.41, 5.74) is -2.75. The second-order valence-corrected chi connectivity index (χ2v) is 10.5. The average molecular weight is 623 g/mol. The number of aromatic nitrogens is 1. The first kappa shape index (κ1) is 30.3. The van der Waals surface area contributed by atoms with Crippen LogP contribution in [0.5, 0.6) is 11.5 Å². The molecule has 0 radical (unpaired) electrons. The van der Waals surface area contributed by atoms with Gasteiger partial charge in [0.2, 0.25) is 0 Å². The lowest BCUT2D eigenvalue weighted by Crippen LogP contribution is -2.48. The van der Waals surface area contributed by atoms with E-state index in [0.717, 1.165) is 25.0 Å². The zero-order chi connectivity index (χ0) is 30.8. The van der Waals surface area contributed by atoms with Gasteiger partial charge >= 0.3 is 12.4 Å². The normalized spacial score (nSPS) is 17.0. The number of nitrogens with zero attached hydrogens (tertiary/aromatic N) is 4. The van der Waals surface area contributed by atoms with Crippen molar-refractivity contribution in [3.63, 3.8) is 0 Å². The molecule has 1 aromatic heterocycles. The SMILES string of the molecule is COc1cc(/C=C2/SC(N3CCN(c4ccccn4)CC3)=NC2=O)ccc1OCc1ccc(C(F)(F)F)cc1C(F)(F)F. The van der Waals surface area contributed by atoms with Crippen molar-refractivity contribution in [2.75, 3.05) is 38.2 Å². The first-order chi connectivity index (χ1) is 20.4. The van der Waals surface area contributed by atoms with Crippen LogP contribution in [0.1, 0.15) is 22.3 Å². The van der Waals surface area contributed by atoms with Crippen molar-refractivity contribution < 1.29 is 40.6 Å². The Labute approximate surface area is 246 Å². The Morgan fingerprint density at radius 1 is 0.907 bits per heavy atom. The van der Waals surface area contributed by atoms with Crippen LogP contribution < -0.4 is 14.4 Å². The van der Waals surface area contributed by atoms with Gasteiger partial charge in [0.25, 0.3) is 5.91 Å². The summed E-state index contributed by atoms with van der Waals surface area (Å²) in [5.74, 6) is 0.734. The first-order valence-corrected chi connectivity index (χ1v) is 13.8. The number of anilines is 1. The molecule has 3 heterocycles. The van der Waals surface area contributed by atoms with Crippen LogP contribution in [0, 0.1) is 0 Å². The molecule has 1 fully saturated rings. The van der Waals surface area contributed by atoms with Crippen molar-refractivity contribution in [1.82, 2.24) is 9.88 Å². The van der Waals surface area contributed by atoms with Gasteiger partial charge < -0.3 is 19.3 Å². The van der Waals surface area contributed by atoms with Crippen molar-refractivity contribution in [3.8, 4) is 11.5 Å². The summed E-state index contributed by atoms with van der Waals surface area (Å²) in [7, 11) is 1.33. The Hall–Kier alpha value is -4.20. The fourth-order valence-corrected chi connectivity index (χ4v) is 5.51. The van der Waals surface area contributed by atoms with Crippen LogP contribution in [-0.4, -0.2) is 54.2 Å². The molecule has 14 heteroatoms. The summed E-state index contributed by atoms with van der Waals surface area (Å²) in [4.78, 5) is 25.8. The number of pyridine rings is 1. The third-order valence-corrected chi connectivity index (χ3v) is 7.79. The minimum Gasteiger partial charge on any atom is -0.493 e. The van der Waals surface area contributed by atoms with Gasteiger partial charge in [0, 0.05) is 37.9 Å².